The van der Waals surface area contributed by atoms with Crippen molar-refractivity contribution in [3.63, 3.8) is 0 Å². The molecule has 376 valence electrons. The Kier molecular flexibility index (Phi) is 45.4. The van der Waals surface area contributed by atoms with Crippen LogP contribution >= 0.6 is 7.82 Å². The molecule has 3 unspecified atom stereocenters. The molecule has 0 saturated carbocycles. The van der Waals surface area contributed by atoms with Gasteiger partial charge in [0.05, 0.1) is 39.9 Å². The van der Waals surface area contributed by atoms with Gasteiger partial charge in [-0.25, -0.2) is 0 Å². The largest absolute Gasteiger partial charge is 0.756 e. The molecule has 0 rings (SSSR count). The van der Waals surface area contributed by atoms with Crippen LogP contribution in [0.15, 0.2) is 48.6 Å². The molecule has 0 spiro atoms. The predicted octanol–water partition coefficient (Wildman–Crippen LogP) is 15.3. The third-order valence-electron chi connectivity index (χ3n) is 12.0. The number of allylic oxidation sites excluding steroid dienone is 7. The van der Waals surface area contributed by atoms with Gasteiger partial charge in [-0.1, -0.05) is 223 Å². The number of quaternary nitrogens is 1. The molecule has 0 radical (unpaired) electrons. The van der Waals surface area contributed by atoms with E-state index in [0.29, 0.717) is 17.4 Å². The van der Waals surface area contributed by atoms with E-state index in [2.05, 4.69) is 55.6 Å². The van der Waals surface area contributed by atoms with E-state index in [1.165, 1.54) is 180 Å². The van der Waals surface area contributed by atoms with Gasteiger partial charge in [0, 0.05) is 6.42 Å². The Labute approximate surface area is 397 Å². The molecular weight excluding hydrogens is 816 g/mol. The lowest BCUT2D eigenvalue weighted by atomic mass is 10.0. The smallest absolute Gasteiger partial charge is 0.268 e. The van der Waals surface area contributed by atoms with Crippen molar-refractivity contribution in [3.8, 4) is 0 Å². The van der Waals surface area contributed by atoms with Crippen LogP contribution in [0.5, 0.6) is 0 Å². The number of likely N-dealkylation sites (N-methyl/N-ethyl adjacent to an activating group) is 1. The molecule has 0 heterocycles. The van der Waals surface area contributed by atoms with Crippen LogP contribution in [-0.4, -0.2) is 68.5 Å². The number of carbonyl (C=O) groups is 1. The number of aliphatic hydroxyl groups excluding tert-OH is 1. The minimum atomic E-state index is -4.60. The fourth-order valence-corrected chi connectivity index (χ4v) is 8.45. The van der Waals surface area contributed by atoms with Crippen LogP contribution in [0.25, 0.3) is 0 Å². The highest BCUT2D eigenvalue weighted by Gasteiger charge is 2.23. The van der Waals surface area contributed by atoms with Crippen molar-refractivity contribution >= 4 is 13.7 Å². The highest BCUT2D eigenvalue weighted by atomic mass is 31.2. The monoisotopic (exact) mass is 921 g/mol. The van der Waals surface area contributed by atoms with Gasteiger partial charge >= 0.3 is 0 Å². The molecule has 0 aromatic heterocycles. The molecule has 0 aliphatic rings. The Balaban J connectivity index is 4.26. The molecule has 9 heteroatoms. The summed E-state index contributed by atoms with van der Waals surface area (Å²) in [5.74, 6) is -0.207. The summed E-state index contributed by atoms with van der Waals surface area (Å²) < 4.78 is 23.3. The second kappa shape index (κ2) is 46.6. The summed E-state index contributed by atoms with van der Waals surface area (Å²) in [4.78, 5) is 25.4. The van der Waals surface area contributed by atoms with Crippen molar-refractivity contribution < 1.29 is 32.9 Å². The normalized spacial score (nSPS) is 14.4. The Morgan fingerprint density at radius 2 is 0.922 bits per heavy atom. The molecule has 0 fully saturated rings. The van der Waals surface area contributed by atoms with Crippen molar-refractivity contribution in [2.75, 3.05) is 40.9 Å². The first kappa shape index (κ1) is 62.5. The van der Waals surface area contributed by atoms with E-state index in [1.54, 1.807) is 6.08 Å². The van der Waals surface area contributed by atoms with E-state index < -0.39 is 26.6 Å². The lowest BCUT2D eigenvalue weighted by Crippen LogP contribution is -2.45. The highest BCUT2D eigenvalue weighted by molar-refractivity contribution is 7.45. The van der Waals surface area contributed by atoms with E-state index >= 15 is 0 Å². The molecule has 0 aliphatic heterocycles. The van der Waals surface area contributed by atoms with Gasteiger partial charge in [-0.3, -0.25) is 9.36 Å². The van der Waals surface area contributed by atoms with Crippen LogP contribution < -0.4 is 10.2 Å². The van der Waals surface area contributed by atoms with Gasteiger partial charge in [0.1, 0.15) is 13.2 Å². The maximum Gasteiger partial charge on any atom is 0.268 e. The lowest BCUT2D eigenvalue weighted by molar-refractivity contribution is -0.870. The van der Waals surface area contributed by atoms with Gasteiger partial charge in [0.2, 0.25) is 5.91 Å². The quantitative estimate of drug-likeness (QED) is 0.0272. The molecule has 0 aromatic rings. The number of aliphatic hydroxyl groups is 1. The number of hydrogen-bond acceptors (Lipinski definition) is 6. The van der Waals surface area contributed by atoms with Gasteiger partial charge in [0.25, 0.3) is 7.82 Å². The maximum absolute atomic E-state index is 12.9. The molecule has 0 aliphatic carbocycles. The van der Waals surface area contributed by atoms with Crippen molar-refractivity contribution in [2.45, 2.75) is 257 Å². The van der Waals surface area contributed by atoms with Crippen LogP contribution in [0.2, 0.25) is 0 Å². The maximum atomic E-state index is 12.9. The summed E-state index contributed by atoms with van der Waals surface area (Å²) in [6, 6.07) is -0.904. The number of nitrogens with one attached hydrogen (secondary N) is 1. The van der Waals surface area contributed by atoms with Crippen molar-refractivity contribution in [1.29, 1.82) is 0 Å². The van der Waals surface area contributed by atoms with E-state index in [0.717, 1.165) is 44.9 Å². The molecule has 0 saturated heterocycles. The summed E-state index contributed by atoms with van der Waals surface area (Å²) in [6.45, 7) is 4.63. The summed E-state index contributed by atoms with van der Waals surface area (Å²) in [5, 5.41) is 13.8. The molecule has 8 nitrogen and oxygen atoms in total. The van der Waals surface area contributed by atoms with Crippen molar-refractivity contribution in [1.82, 2.24) is 5.32 Å². The minimum absolute atomic E-state index is 0.00684. The molecule has 64 heavy (non-hydrogen) atoms. The first-order valence-electron chi connectivity index (χ1n) is 27.0. The van der Waals surface area contributed by atoms with Crippen LogP contribution in [-0.2, 0) is 18.4 Å². The first-order valence-corrected chi connectivity index (χ1v) is 28.5. The van der Waals surface area contributed by atoms with Crippen molar-refractivity contribution in [2.24, 2.45) is 0 Å². The number of rotatable bonds is 49. The van der Waals surface area contributed by atoms with Crippen LogP contribution in [0.3, 0.4) is 0 Å². The fraction of sp³-hybridized carbons (Fsp3) is 0.836. The average Bonchev–Trinajstić information content (AvgIpc) is 3.25. The van der Waals surface area contributed by atoms with Crippen molar-refractivity contribution in [3.05, 3.63) is 48.6 Å². The van der Waals surface area contributed by atoms with Gasteiger partial charge in [0.15, 0.2) is 0 Å². The second-order valence-corrected chi connectivity index (χ2v) is 21.0. The Bertz CT molecular complexity index is 1180. The molecule has 3 atom stereocenters. The zero-order valence-corrected chi connectivity index (χ0v) is 43.6. The third-order valence-corrected chi connectivity index (χ3v) is 13.0. The number of phosphoric ester groups is 1. The fourth-order valence-electron chi connectivity index (χ4n) is 7.73. The molecule has 2 N–H and O–H groups in total. The van der Waals surface area contributed by atoms with E-state index in [9.17, 15) is 19.4 Å². The summed E-state index contributed by atoms with van der Waals surface area (Å²) >= 11 is 0. The van der Waals surface area contributed by atoms with Gasteiger partial charge in [-0.15, -0.1) is 0 Å². The number of hydrogen-bond donors (Lipinski definition) is 2. The third kappa shape index (κ3) is 48.4. The predicted molar refractivity (Wildman–Crippen MR) is 274 cm³/mol. The lowest BCUT2D eigenvalue weighted by Gasteiger charge is -2.29. The topological polar surface area (TPSA) is 108 Å². The zero-order valence-electron chi connectivity index (χ0n) is 42.7. The van der Waals surface area contributed by atoms with Crippen LogP contribution in [0.1, 0.15) is 245 Å². The molecule has 0 bridgehead atoms. The van der Waals surface area contributed by atoms with Crippen LogP contribution in [0, 0.1) is 0 Å². The average molecular weight is 921 g/mol. The number of amides is 1. The number of carbonyl (C=O) groups excluding carboxylic acids is 1. The Hall–Kier alpha value is -1.54. The first-order chi connectivity index (χ1) is 31.0. The van der Waals surface area contributed by atoms with Crippen LogP contribution in [0.4, 0.5) is 0 Å². The molecular formula is C55H105N2O6P. The van der Waals surface area contributed by atoms with E-state index in [4.69, 9.17) is 9.05 Å². The van der Waals surface area contributed by atoms with Gasteiger partial charge < -0.3 is 28.8 Å². The summed E-state index contributed by atoms with van der Waals surface area (Å²) in [7, 11) is 1.24. The van der Waals surface area contributed by atoms with Gasteiger partial charge in [-0.2, -0.15) is 0 Å². The summed E-state index contributed by atoms with van der Waals surface area (Å²) in [5.41, 5.74) is 0. The Morgan fingerprint density at radius 1 is 0.547 bits per heavy atom. The zero-order chi connectivity index (χ0) is 47.1. The number of nitrogens with zero attached hydrogens (tertiary/aromatic N) is 1. The van der Waals surface area contributed by atoms with Gasteiger partial charge in [-0.05, 0) is 64.2 Å². The van der Waals surface area contributed by atoms with E-state index in [1.807, 2.05) is 27.2 Å². The standard InChI is InChI=1S/C55H105N2O6P/c1-6-8-10-12-14-16-18-20-22-24-25-26-27-28-29-30-31-33-35-37-39-41-43-45-47-49-55(59)56-53(52-63-64(60,61)62-51-50-57(3,4)5)54(58)48-46-44-42-40-38-36-34-32-23-21-19-17-15-13-11-9-7-2/h18,20,24-25,38,40,46,48,53-54,58H,6-17,19,21-23,26-37,39,41-45,47,49-52H2,1-5H3,(H-,56,59,60,61)/b20-18-,25-24-,40-38+,48-46+. The molecule has 1 amide bonds. The number of unbranched alkanes of at least 4 members (excludes halogenated alkanes) is 30. The second-order valence-electron chi connectivity index (χ2n) is 19.6. The summed E-state index contributed by atoms with van der Waals surface area (Å²) in [6.07, 6.45) is 60.3. The number of phosphoric acid groups is 1. The van der Waals surface area contributed by atoms with E-state index in [-0.39, 0.29) is 12.5 Å². The molecule has 0 aromatic carbocycles. The SMILES string of the molecule is CCCCCCC/C=C\C/C=C\CCCCCCCCCCCCCCCC(=O)NC(COP(=O)([O-])OCC[N+](C)(C)C)C(O)/C=C/CC/C=C/CCCCCCCCCCCCC. The highest BCUT2D eigenvalue weighted by Crippen LogP contribution is 2.38. The minimum Gasteiger partial charge on any atom is -0.756 e. The Morgan fingerprint density at radius 3 is 1.36 bits per heavy atom.